The Morgan fingerprint density at radius 1 is 1.22 bits per heavy atom. The van der Waals surface area contributed by atoms with Crippen molar-refractivity contribution in [3.05, 3.63) is 36.2 Å². The maximum absolute atomic E-state index is 12.5. The van der Waals surface area contributed by atoms with Gasteiger partial charge in [0.15, 0.2) is 0 Å². The zero-order valence-corrected chi connectivity index (χ0v) is 13.0. The summed E-state index contributed by atoms with van der Waals surface area (Å²) in [5.74, 6) is 2.12. The van der Waals surface area contributed by atoms with Gasteiger partial charge in [0, 0.05) is 30.4 Å². The molecular weight excluding hydrogens is 290 g/mol. The van der Waals surface area contributed by atoms with Gasteiger partial charge in [-0.05, 0) is 50.2 Å². The first-order valence-corrected chi connectivity index (χ1v) is 8.34. The van der Waals surface area contributed by atoms with Crippen molar-refractivity contribution in [2.75, 3.05) is 10.6 Å². The normalized spacial score (nSPS) is 17.6. The molecule has 2 N–H and O–H groups in total. The van der Waals surface area contributed by atoms with Gasteiger partial charge >= 0.3 is 0 Å². The van der Waals surface area contributed by atoms with Crippen LogP contribution in [0, 0.1) is 5.92 Å². The van der Waals surface area contributed by atoms with Gasteiger partial charge in [0.2, 0.25) is 0 Å². The molecule has 2 aromatic heterocycles. The number of rotatable bonds is 6. The minimum Gasteiger partial charge on any atom is -0.367 e. The fourth-order valence-electron chi connectivity index (χ4n) is 2.73. The number of amides is 1. The van der Waals surface area contributed by atoms with Crippen molar-refractivity contribution < 1.29 is 4.79 Å². The van der Waals surface area contributed by atoms with Gasteiger partial charge in [0.25, 0.3) is 5.91 Å². The Kier molecular flexibility index (Phi) is 3.73. The minimum atomic E-state index is -0.124. The molecule has 1 amide bonds. The molecule has 0 radical (unpaired) electrons. The SMILES string of the molecule is O=C(Nc1ccnn1CC1CC1)c1ccnc(NC2CCC2)c1. The van der Waals surface area contributed by atoms with Gasteiger partial charge in [-0.1, -0.05) is 0 Å². The van der Waals surface area contributed by atoms with Crippen molar-refractivity contribution in [2.24, 2.45) is 5.92 Å². The monoisotopic (exact) mass is 311 g/mol. The summed E-state index contributed by atoms with van der Waals surface area (Å²) in [6.07, 6.45) is 9.55. The van der Waals surface area contributed by atoms with Gasteiger partial charge in [0.05, 0.1) is 6.20 Å². The molecule has 0 atom stereocenters. The van der Waals surface area contributed by atoms with E-state index in [0.717, 1.165) is 18.2 Å². The van der Waals surface area contributed by atoms with Crippen LogP contribution in [0.15, 0.2) is 30.6 Å². The smallest absolute Gasteiger partial charge is 0.256 e. The first-order chi connectivity index (χ1) is 11.3. The molecule has 2 fully saturated rings. The lowest BCUT2D eigenvalue weighted by Gasteiger charge is -2.26. The van der Waals surface area contributed by atoms with Gasteiger partial charge in [-0.2, -0.15) is 5.10 Å². The number of hydrogen-bond donors (Lipinski definition) is 2. The Labute approximate surface area is 135 Å². The van der Waals surface area contributed by atoms with Gasteiger partial charge in [-0.15, -0.1) is 0 Å². The fourth-order valence-corrected chi connectivity index (χ4v) is 2.73. The molecule has 2 aliphatic carbocycles. The van der Waals surface area contributed by atoms with Gasteiger partial charge < -0.3 is 10.6 Å². The van der Waals surface area contributed by atoms with E-state index in [1.807, 2.05) is 16.8 Å². The molecule has 2 saturated carbocycles. The molecule has 0 spiro atoms. The van der Waals surface area contributed by atoms with Gasteiger partial charge in [-0.25, -0.2) is 9.67 Å². The lowest BCUT2D eigenvalue weighted by molar-refractivity contribution is 0.102. The number of hydrogen-bond acceptors (Lipinski definition) is 4. The molecule has 2 heterocycles. The highest BCUT2D eigenvalue weighted by Gasteiger charge is 2.23. The van der Waals surface area contributed by atoms with Crippen LogP contribution >= 0.6 is 0 Å². The van der Waals surface area contributed by atoms with E-state index in [4.69, 9.17) is 0 Å². The molecule has 6 nitrogen and oxygen atoms in total. The highest BCUT2D eigenvalue weighted by atomic mass is 16.1. The molecule has 0 aliphatic heterocycles. The average molecular weight is 311 g/mol. The van der Waals surface area contributed by atoms with E-state index >= 15 is 0 Å². The van der Waals surface area contributed by atoms with Crippen LogP contribution in [0.1, 0.15) is 42.5 Å². The highest BCUT2D eigenvalue weighted by molar-refractivity contribution is 6.04. The maximum atomic E-state index is 12.5. The standard InChI is InChI=1S/C17H21N5O/c23-17(21-16-7-9-19-22(16)11-12-4-5-12)13-6-8-18-15(10-13)20-14-2-1-3-14/h6-10,12,14H,1-5,11H2,(H,18,20)(H,21,23). The largest absolute Gasteiger partial charge is 0.367 e. The summed E-state index contributed by atoms with van der Waals surface area (Å²) in [5.41, 5.74) is 0.612. The first-order valence-electron chi connectivity index (χ1n) is 8.34. The molecule has 4 rings (SSSR count). The lowest BCUT2D eigenvalue weighted by Crippen LogP contribution is -2.27. The molecule has 0 aromatic carbocycles. The van der Waals surface area contributed by atoms with Crippen LogP contribution in [0.25, 0.3) is 0 Å². The van der Waals surface area contributed by atoms with Crippen molar-refractivity contribution in [1.82, 2.24) is 14.8 Å². The summed E-state index contributed by atoms with van der Waals surface area (Å²) in [5, 5.41) is 10.6. The molecule has 2 aliphatic rings. The Balaban J connectivity index is 1.43. The predicted octanol–water partition coefficient (Wildman–Crippen LogP) is 2.90. The number of carbonyl (C=O) groups excluding carboxylic acids is 1. The van der Waals surface area contributed by atoms with Crippen molar-refractivity contribution >= 4 is 17.5 Å². The van der Waals surface area contributed by atoms with E-state index in [1.165, 1.54) is 32.1 Å². The maximum Gasteiger partial charge on any atom is 0.256 e. The summed E-state index contributed by atoms with van der Waals surface area (Å²) in [6, 6.07) is 5.90. The van der Waals surface area contributed by atoms with E-state index < -0.39 is 0 Å². The number of aromatic nitrogens is 3. The molecule has 0 bridgehead atoms. The summed E-state index contributed by atoms with van der Waals surface area (Å²) in [6.45, 7) is 0.882. The number of nitrogens with zero attached hydrogens (tertiary/aromatic N) is 3. The molecule has 0 unspecified atom stereocenters. The summed E-state index contributed by atoms with van der Waals surface area (Å²) in [7, 11) is 0. The Morgan fingerprint density at radius 3 is 2.83 bits per heavy atom. The Morgan fingerprint density at radius 2 is 2.09 bits per heavy atom. The molecule has 0 saturated heterocycles. The zero-order chi connectivity index (χ0) is 15.6. The summed E-state index contributed by atoms with van der Waals surface area (Å²) >= 11 is 0. The number of carbonyl (C=O) groups is 1. The van der Waals surface area contributed by atoms with E-state index in [1.54, 1.807) is 18.5 Å². The van der Waals surface area contributed by atoms with E-state index in [-0.39, 0.29) is 5.91 Å². The third-order valence-electron chi connectivity index (χ3n) is 4.57. The van der Waals surface area contributed by atoms with Crippen molar-refractivity contribution in [2.45, 2.75) is 44.7 Å². The fraction of sp³-hybridized carbons (Fsp3) is 0.471. The topological polar surface area (TPSA) is 71.8 Å². The van der Waals surface area contributed by atoms with E-state index in [0.29, 0.717) is 17.5 Å². The van der Waals surface area contributed by atoms with E-state index in [2.05, 4.69) is 20.7 Å². The van der Waals surface area contributed by atoms with Crippen LogP contribution in [0.3, 0.4) is 0 Å². The Bertz CT molecular complexity index is 703. The summed E-state index contributed by atoms with van der Waals surface area (Å²) in [4.78, 5) is 16.8. The Hall–Kier alpha value is -2.37. The van der Waals surface area contributed by atoms with Crippen LogP contribution in [-0.2, 0) is 6.54 Å². The zero-order valence-electron chi connectivity index (χ0n) is 13.0. The third kappa shape index (κ3) is 3.36. The minimum absolute atomic E-state index is 0.124. The predicted molar refractivity (Wildman–Crippen MR) is 88.4 cm³/mol. The van der Waals surface area contributed by atoms with Gasteiger partial charge in [0.1, 0.15) is 11.6 Å². The number of nitrogens with one attached hydrogen (secondary N) is 2. The molecule has 23 heavy (non-hydrogen) atoms. The molecule has 6 heteroatoms. The molecule has 120 valence electrons. The average Bonchev–Trinajstić information content (AvgIpc) is 3.23. The quantitative estimate of drug-likeness (QED) is 0.860. The van der Waals surface area contributed by atoms with E-state index in [9.17, 15) is 4.79 Å². The van der Waals surface area contributed by atoms with Crippen LogP contribution in [-0.4, -0.2) is 26.7 Å². The number of anilines is 2. The van der Waals surface area contributed by atoms with Crippen LogP contribution in [0.2, 0.25) is 0 Å². The third-order valence-corrected chi connectivity index (χ3v) is 4.57. The second-order valence-electron chi connectivity index (χ2n) is 6.50. The van der Waals surface area contributed by atoms with Crippen molar-refractivity contribution in [1.29, 1.82) is 0 Å². The lowest BCUT2D eigenvalue weighted by atomic mass is 9.93. The second kappa shape index (κ2) is 6.02. The first kappa shape index (κ1) is 14.2. The van der Waals surface area contributed by atoms with Gasteiger partial charge in [-0.3, -0.25) is 4.79 Å². The second-order valence-corrected chi connectivity index (χ2v) is 6.50. The van der Waals surface area contributed by atoms with Crippen LogP contribution < -0.4 is 10.6 Å². The highest BCUT2D eigenvalue weighted by Crippen LogP contribution is 2.31. The molecular formula is C17H21N5O. The van der Waals surface area contributed by atoms with Crippen molar-refractivity contribution in [3.8, 4) is 0 Å². The van der Waals surface area contributed by atoms with Crippen LogP contribution in [0.4, 0.5) is 11.6 Å². The molecule has 2 aromatic rings. The van der Waals surface area contributed by atoms with Crippen LogP contribution in [0.5, 0.6) is 0 Å². The van der Waals surface area contributed by atoms with Crippen molar-refractivity contribution in [3.63, 3.8) is 0 Å². The summed E-state index contributed by atoms with van der Waals surface area (Å²) < 4.78 is 1.88. The number of pyridine rings is 1.